The summed E-state index contributed by atoms with van der Waals surface area (Å²) in [5, 5.41) is 10.6. The van der Waals surface area contributed by atoms with Gasteiger partial charge in [-0.2, -0.15) is 0 Å². The number of benzene rings is 1. The molecule has 1 N–H and O–H groups in total. The molecular weight excluding hydrogens is 232 g/mol. The highest BCUT2D eigenvalue weighted by Crippen LogP contribution is 2.14. The van der Waals surface area contributed by atoms with Crippen LogP contribution in [0.4, 0.5) is 5.69 Å². The third kappa shape index (κ3) is 2.70. The van der Waals surface area contributed by atoms with Crippen LogP contribution in [0.2, 0.25) is 0 Å². The van der Waals surface area contributed by atoms with E-state index in [2.05, 4.69) is 4.98 Å². The fraction of sp³-hybridized carbons (Fsp3) is 0. The Balaban J connectivity index is 2.16. The molecule has 5 heteroatoms. The van der Waals surface area contributed by atoms with Crippen LogP contribution >= 0.6 is 0 Å². The molecular formula is C13H10N2O3. The summed E-state index contributed by atoms with van der Waals surface area (Å²) in [5.41, 5.74) is 1.10. The number of nitro groups is 1. The molecule has 5 nitrogen and oxygen atoms in total. The largest absolute Gasteiger partial charge is 0.359 e. The number of hydrogen-bond donors (Lipinski definition) is 1. The Labute approximate surface area is 103 Å². The lowest BCUT2D eigenvalue weighted by molar-refractivity contribution is -0.384. The molecule has 0 atom stereocenters. The summed E-state index contributed by atoms with van der Waals surface area (Å²) in [6, 6.07) is 9.50. The van der Waals surface area contributed by atoms with Crippen molar-refractivity contribution < 1.29 is 9.72 Å². The first kappa shape index (κ1) is 11.8. The van der Waals surface area contributed by atoms with E-state index in [4.69, 9.17) is 0 Å². The van der Waals surface area contributed by atoms with Crippen LogP contribution in [0.1, 0.15) is 16.1 Å². The molecule has 0 spiro atoms. The Hall–Kier alpha value is -2.69. The fourth-order valence-electron chi connectivity index (χ4n) is 1.49. The Kier molecular flexibility index (Phi) is 3.33. The van der Waals surface area contributed by atoms with Crippen LogP contribution in [0.15, 0.2) is 48.7 Å². The van der Waals surface area contributed by atoms with Crippen molar-refractivity contribution in [3.05, 3.63) is 70.0 Å². The van der Waals surface area contributed by atoms with Gasteiger partial charge < -0.3 is 4.98 Å². The first-order chi connectivity index (χ1) is 8.66. The number of allylic oxidation sites excluding steroid dienone is 1. The summed E-state index contributed by atoms with van der Waals surface area (Å²) < 4.78 is 0. The highest BCUT2D eigenvalue weighted by atomic mass is 16.6. The predicted molar refractivity (Wildman–Crippen MR) is 67.3 cm³/mol. The number of aromatic nitrogens is 1. The predicted octanol–water partition coefficient (Wildman–Crippen LogP) is 2.82. The van der Waals surface area contributed by atoms with Crippen molar-refractivity contribution >= 4 is 17.5 Å². The lowest BCUT2D eigenvalue weighted by Crippen LogP contribution is -1.93. The van der Waals surface area contributed by atoms with Gasteiger partial charge in [0.25, 0.3) is 5.69 Å². The van der Waals surface area contributed by atoms with Crippen LogP contribution in [0.3, 0.4) is 0 Å². The van der Waals surface area contributed by atoms with E-state index in [-0.39, 0.29) is 11.5 Å². The molecule has 1 aromatic carbocycles. The molecule has 0 saturated heterocycles. The van der Waals surface area contributed by atoms with E-state index < -0.39 is 4.92 Å². The zero-order valence-electron chi connectivity index (χ0n) is 9.37. The molecule has 0 aliphatic carbocycles. The number of H-pyrrole nitrogens is 1. The highest BCUT2D eigenvalue weighted by Gasteiger charge is 2.05. The maximum absolute atomic E-state index is 11.6. The quantitative estimate of drug-likeness (QED) is 0.387. The molecule has 2 rings (SSSR count). The number of hydrogen-bond acceptors (Lipinski definition) is 3. The second-order valence-electron chi connectivity index (χ2n) is 3.63. The SMILES string of the molecule is O=C(/C=C/c1cccc([N+](=O)[O-])c1)c1ccc[nH]1. The summed E-state index contributed by atoms with van der Waals surface area (Å²) in [7, 11) is 0. The second kappa shape index (κ2) is 5.09. The van der Waals surface area contributed by atoms with Gasteiger partial charge in [0.05, 0.1) is 10.6 Å². The van der Waals surface area contributed by atoms with Gasteiger partial charge >= 0.3 is 0 Å². The number of non-ortho nitro benzene ring substituents is 1. The van der Waals surface area contributed by atoms with Gasteiger partial charge in [0, 0.05) is 18.3 Å². The van der Waals surface area contributed by atoms with Crippen molar-refractivity contribution in [3.8, 4) is 0 Å². The van der Waals surface area contributed by atoms with Crippen molar-refractivity contribution in [2.75, 3.05) is 0 Å². The molecule has 0 saturated carbocycles. The molecule has 0 bridgehead atoms. The molecule has 0 aliphatic heterocycles. The molecule has 0 amide bonds. The molecule has 1 aromatic heterocycles. The van der Waals surface area contributed by atoms with E-state index in [0.29, 0.717) is 11.3 Å². The molecule has 90 valence electrons. The second-order valence-corrected chi connectivity index (χ2v) is 3.63. The van der Waals surface area contributed by atoms with Crippen LogP contribution < -0.4 is 0 Å². The zero-order chi connectivity index (χ0) is 13.0. The van der Waals surface area contributed by atoms with Crippen LogP contribution in [0.25, 0.3) is 6.08 Å². The molecule has 18 heavy (non-hydrogen) atoms. The van der Waals surface area contributed by atoms with E-state index in [9.17, 15) is 14.9 Å². The smallest absolute Gasteiger partial charge is 0.270 e. The normalized spacial score (nSPS) is 10.7. The zero-order valence-corrected chi connectivity index (χ0v) is 9.37. The molecule has 0 unspecified atom stereocenters. The number of aromatic amines is 1. The Morgan fingerprint density at radius 3 is 2.78 bits per heavy atom. The molecule has 1 heterocycles. The summed E-state index contributed by atoms with van der Waals surface area (Å²) in [6.07, 6.45) is 4.59. The molecule has 2 aromatic rings. The van der Waals surface area contributed by atoms with E-state index in [1.165, 1.54) is 18.2 Å². The fourth-order valence-corrected chi connectivity index (χ4v) is 1.49. The van der Waals surface area contributed by atoms with Gasteiger partial charge in [-0.1, -0.05) is 18.2 Å². The van der Waals surface area contributed by atoms with E-state index in [1.54, 1.807) is 36.5 Å². The van der Waals surface area contributed by atoms with E-state index >= 15 is 0 Å². The average Bonchev–Trinajstić information content (AvgIpc) is 2.90. The summed E-state index contributed by atoms with van der Waals surface area (Å²) in [6.45, 7) is 0. The minimum absolute atomic E-state index is 0.00414. The molecule has 0 radical (unpaired) electrons. The highest BCUT2D eigenvalue weighted by molar-refractivity contribution is 6.05. The number of rotatable bonds is 4. The van der Waals surface area contributed by atoms with Crippen LogP contribution in [0, 0.1) is 10.1 Å². The van der Waals surface area contributed by atoms with Gasteiger partial charge in [-0.25, -0.2) is 0 Å². The Morgan fingerprint density at radius 2 is 2.11 bits per heavy atom. The first-order valence-corrected chi connectivity index (χ1v) is 5.27. The number of nitro benzene ring substituents is 1. The number of carbonyl (C=O) groups excluding carboxylic acids is 1. The van der Waals surface area contributed by atoms with Gasteiger partial charge in [-0.3, -0.25) is 14.9 Å². The Bertz CT molecular complexity index is 600. The molecule has 0 fully saturated rings. The van der Waals surface area contributed by atoms with Crippen molar-refractivity contribution in [2.24, 2.45) is 0 Å². The maximum atomic E-state index is 11.6. The van der Waals surface area contributed by atoms with Gasteiger partial charge in [0.2, 0.25) is 5.78 Å². The standard InChI is InChI=1S/C13H10N2O3/c16-13(12-5-2-8-14-12)7-6-10-3-1-4-11(9-10)15(17)18/h1-9,14H/b7-6+. The van der Waals surface area contributed by atoms with Crippen molar-refractivity contribution in [1.29, 1.82) is 0 Å². The van der Waals surface area contributed by atoms with E-state index in [0.717, 1.165) is 0 Å². The monoisotopic (exact) mass is 242 g/mol. The lowest BCUT2D eigenvalue weighted by Gasteiger charge is -1.94. The van der Waals surface area contributed by atoms with Crippen molar-refractivity contribution in [1.82, 2.24) is 4.98 Å². The summed E-state index contributed by atoms with van der Waals surface area (Å²) in [5.74, 6) is -0.175. The minimum Gasteiger partial charge on any atom is -0.359 e. The van der Waals surface area contributed by atoms with Crippen molar-refractivity contribution in [3.63, 3.8) is 0 Å². The van der Waals surface area contributed by atoms with Crippen LogP contribution in [0.5, 0.6) is 0 Å². The first-order valence-electron chi connectivity index (χ1n) is 5.27. The van der Waals surface area contributed by atoms with Crippen molar-refractivity contribution in [2.45, 2.75) is 0 Å². The third-order valence-corrected chi connectivity index (χ3v) is 2.37. The summed E-state index contributed by atoms with van der Waals surface area (Å²) >= 11 is 0. The number of ketones is 1. The minimum atomic E-state index is -0.468. The Morgan fingerprint density at radius 1 is 1.28 bits per heavy atom. The van der Waals surface area contributed by atoms with Gasteiger partial charge in [0.1, 0.15) is 0 Å². The van der Waals surface area contributed by atoms with Crippen LogP contribution in [-0.4, -0.2) is 15.7 Å². The molecule has 0 aliphatic rings. The number of nitrogens with zero attached hydrogens (tertiary/aromatic N) is 1. The summed E-state index contributed by atoms with van der Waals surface area (Å²) in [4.78, 5) is 24.6. The van der Waals surface area contributed by atoms with E-state index in [1.807, 2.05) is 0 Å². The van der Waals surface area contributed by atoms with Gasteiger partial charge in [0.15, 0.2) is 0 Å². The van der Waals surface area contributed by atoms with Crippen LogP contribution in [-0.2, 0) is 0 Å². The third-order valence-electron chi connectivity index (χ3n) is 2.37. The lowest BCUT2D eigenvalue weighted by atomic mass is 10.1. The van der Waals surface area contributed by atoms with Gasteiger partial charge in [-0.05, 0) is 23.8 Å². The number of nitrogens with one attached hydrogen (secondary N) is 1. The average molecular weight is 242 g/mol. The topological polar surface area (TPSA) is 76.0 Å². The van der Waals surface area contributed by atoms with Gasteiger partial charge in [-0.15, -0.1) is 0 Å². The number of carbonyl (C=O) groups is 1. The maximum Gasteiger partial charge on any atom is 0.270 e.